The van der Waals surface area contributed by atoms with Gasteiger partial charge in [0.25, 0.3) is 0 Å². The lowest BCUT2D eigenvalue weighted by atomic mass is 10.0. The molecule has 2 aromatic carbocycles. The van der Waals surface area contributed by atoms with Crippen molar-refractivity contribution in [3.8, 4) is 5.75 Å². The van der Waals surface area contributed by atoms with Crippen LogP contribution in [0.4, 0.5) is 0 Å². The minimum atomic E-state index is -3.52. The van der Waals surface area contributed by atoms with Gasteiger partial charge in [0.1, 0.15) is 5.75 Å². The van der Waals surface area contributed by atoms with Crippen LogP contribution in [0.1, 0.15) is 48.4 Å². The summed E-state index contributed by atoms with van der Waals surface area (Å²) in [4.78, 5) is 0.317. The van der Waals surface area contributed by atoms with E-state index in [2.05, 4.69) is 42.8 Å². The number of hydrogen-bond donors (Lipinski definition) is 1. The maximum absolute atomic E-state index is 12.6. The van der Waals surface area contributed by atoms with Gasteiger partial charge in [0.2, 0.25) is 10.0 Å². The van der Waals surface area contributed by atoms with Gasteiger partial charge in [-0.15, -0.1) is 0 Å². The largest absolute Gasteiger partial charge is 0.496 e. The summed E-state index contributed by atoms with van der Waals surface area (Å²) in [6, 6.07) is 11.9. The topological polar surface area (TPSA) is 55.4 Å². The summed E-state index contributed by atoms with van der Waals surface area (Å²) in [6.45, 7) is 8.44. The zero-order valence-electron chi connectivity index (χ0n) is 16.3. The lowest BCUT2D eigenvalue weighted by molar-refractivity contribution is 0.410. The van der Waals surface area contributed by atoms with E-state index in [0.717, 1.165) is 24.0 Å². The molecule has 0 unspecified atom stereocenters. The summed E-state index contributed by atoms with van der Waals surface area (Å²) in [7, 11) is -1.93. The maximum atomic E-state index is 12.6. The Morgan fingerprint density at radius 3 is 2.23 bits per heavy atom. The number of benzene rings is 2. The number of nitrogens with one attached hydrogen (secondary N) is 1. The molecule has 0 radical (unpaired) electrons. The molecule has 5 heteroatoms. The molecule has 0 aromatic heterocycles. The van der Waals surface area contributed by atoms with Crippen LogP contribution in [0.15, 0.2) is 41.3 Å². The molecule has 0 fully saturated rings. The van der Waals surface area contributed by atoms with Crippen LogP contribution in [0.5, 0.6) is 5.75 Å². The van der Waals surface area contributed by atoms with E-state index in [4.69, 9.17) is 4.74 Å². The zero-order chi connectivity index (χ0) is 19.3. The minimum Gasteiger partial charge on any atom is -0.496 e. The van der Waals surface area contributed by atoms with E-state index < -0.39 is 10.0 Å². The molecule has 0 aliphatic rings. The monoisotopic (exact) mass is 375 g/mol. The van der Waals surface area contributed by atoms with Gasteiger partial charge in [-0.25, -0.2) is 13.1 Å². The number of sulfonamides is 1. The Morgan fingerprint density at radius 2 is 1.65 bits per heavy atom. The van der Waals surface area contributed by atoms with Crippen LogP contribution in [0.3, 0.4) is 0 Å². The Morgan fingerprint density at radius 1 is 1.00 bits per heavy atom. The normalized spacial score (nSPS) is 11.8. The second kappa shape index (κ2) is 8.69. The van der Waals surface area contributed by atoms with Crippen LogP contribution in [0, 0.1) is 13.8 Å². The lowest BCUT2D eigenvalue weighted by Crippen LogP contribution is -2.26. The van der Waals surface area contributed by atoms with Crippen molar-refractivity contribution in [3.63, 3.8) is 0 Å². The van der Waals surface area contributed by atoms with E-state index in [-0.39, 0.29) is 0 Å². The van der Waals surface area contributed by atoms with Gasteiger partial charge in [0.05, 0.1) is 12.0 Å². The van der Waals surface area contributed by atoms with E-state index in [1.165, 1.54) is 11.1 Å². The van der Waals surface area contributed by atoms with Gasteiger partial charge >= 0.3 is 0 Å². The molecule has 0 amide bonds. The Bertz CT molecular complexity index is 840. The third kappa shape index (κ3) is 4.86. The Labute approximate surface area is 157 Å². The van der Waals surface area contributed by atoms with Crippen molar-refractivity contribution >= 4 is 10.0 Å². The van der Waals surface area contributed by atoms with Crippen LogP contribution in [-0.2, 0) is 16.4 Å². The molecule has 26 heavy (non-hydrogen) atoms. The molecule has 2 aromatic rings. The fourth-order valence-corrected chi connectivity index (χ4v) is 4.30. The molecule has 1 N–H and O–H groups in total. The summed E-state index contributed by atoms with van der Waals surface area (Å²) in [5.41, 5.74) is 4.12. The van der Waals surface area contributed by atoms with E-state index in [1.807, 2.05) is 13.8 Å². The van der Waals surface area contributed by atoms with Crippen molar-refractivity contribution in [2.45, 2.75) is 51.3 Å². The molecule has 0 spiro atoms. The van der Waals surface area contributed by atoms with Gasteiger partial charge in [-0.1, -0.05) is 38.1 Å². The predicted molar refractivity (Wildman–Crippen MR) is 107 cm³/mol. The third-order valence-electron chi connectivity index (χ3n) is 4.78. The Kier molecular flexibility index (Phi) is 6.84. The van der Waals surface area contributed by atoms with Crippen molar-refractivity contribution in [2.24, 2.45) is 0 Å². The number of methoxy groups -OCH3 is 1. The highest BCUT2D eigenvalue weighted by molar-refractivity contribution is 7.89. The summed E-state index contributed by atoms with van der Waals surface area (Å²) in [5.74, 6) is 1.22. The summed E-state index contributed by atoms with van der Waals surface area (Å²) < 4.78 is 33.1. The second-order valence-corrected chi connectivity index (χ2v) is 8.65. The van der Waals surface area contributed by atoms with Gasteiger partial charge in [0.15, 0.2) is 0 Å². The molecule has 0 aliphatic carbocycles. The number of aryl methyl sites for hydroxylation is 1. The number of rotatable bonds is 8. The van der Waals surface area contributed by atoms with E-state index >= 15 is 0 Å². The first-order chi connectivity index (χ1) is 12.3. The molecule has 0 heterocycles. The zero-order valence-corrected chi connectivity index (χ0v) is 17.1. The number of hydrogen-bond acceptors (Lipinski definition) is 3. The van der Waals surface area contributed by atoms with E-state index in [1.54, 1.807) is 19.2 Å². The average molecular weight is 376 g/mol. The molecule has 0 aliphatic heterocycles. The van der Waals surface area contributed by atoms with Crippen molar-refractivity contribution in [1.29, 1.82) is 0 Å². The Balaban J connectivity index is 1.95. The van der Waals surface area contributed by atoms with Gasteiger partial charge in [-0.05, 0) is 67.0 Å². The van der Waals surface area contributed by atoms with E-state index in [0.29, 0.717) is 23.1 Å². The SMILES string of the molecule is COc1ccc(S(=O)(=O)NCCCc2ccc(C(C)C)cc2)c(C)c1C. The maximum Gasteiger partial charge on any atom is 0.240 e. The Hall–Kier alpha value is -1.85. The van der Waals surface area contributed by atoms with Crippen LogP contribution in [0.2, 0.25) is 0 Å². The highest BCUT2D eigenvalue weighted by Gasteiger charge is 2.18. The minimum absolute atomic E-state index is 0.317. The molecule has 142 valence electrons. The first-order valence-electron chi connectivity index (χ1n) is 8.99. The van der Waals surface area contributed by atoms with Gasteiger partial charge in [-0.2, -0.15) is 0 Å². The van der Waals surface area contributed by atoms with Gasteiger partial charge in [-0.3, -0.25) is 0 Å². The molecular formula is C21H29NO3S. The lowest BCUT2D eigenvalue weighted by Gasteiger charge is -2.14. The summed E-state index contributed by atoms with van der Waals surface area (Å²) >= 11 is 0. The molecule has 2 rings (SSSR count). The molecular weight excluding hydrogens is 346 g/mol. The van der Waals surface area contributed by atoms with Crippen LogP contribution >= 0.6 is 0 Å². The highest BCUT2D eigenvalue weighted by Crippen LogP contribution is 2.26. The van der Waals surface area contributed by atoms with Crippen LogP contribution in [-0.4, -0.2) is 22.1 Å². The van der Waals surface area contributed by atoms with Gasteiger partial charge in [0, 0.05) is 6.54 Å². The fourth-order valence-electron chi connectivity index (χ4n) is 2.93. The van der Waals surface area contributed by atoms with Gasteiger partial charge < -0.3 is 4.74 Å². The molecule has 0 saturated heterocycles. The first kappa shape index (κ1) is 20.5. The molecule has 0 atom stereocenters. The average Bonchev–Trinajstić information content (AvgIpc) is 2.61. The van der Waals surface area contributed by atoms with Crippen molar-refractivity contribution in [2.75, 3.05) is 13.7 Å². The van der Waals surface area contributed by atoms with Crippen molar-refractivity contribution < 1.29 is 13.2 Å². The quantitative estimate of drug-likeness (QED) is 0.698. The highest BCUT2D eigenvalue weighted by atomic mass is 32.2. The van der Waals surface area contributed by atoms with Crippen LogP contribution in [0.25, 0.3) is 0 Å². The van der Waals surface area contributed by atoms with Crippen molar-refractivity contribution in [3.05, 3.63) is 58.7 Å². The van der Waals surface area contributed by atoms with E-state index in [9.17, 15) is 8.42 Å². The first-order valence-corrected chi connectivity index (χ1v) is 10.5. The summed E-state index contributed by atoms with van der Waals surface area (Å²) in [6.07, 6.45) is 1.61. The molecule has 0 saturated carbocycles. The molecule has 4 nitrogen and oxygen atoms in total. The number of ether oxygens (including phenoxy) is 1. The predicted octanol–water partition coefficient (Wildman–Crippen LogP) is 4.35. The fraction of sp³-hybridized carbons (Fsp3) is 0.429. The van der Waals surface area contributed by atoms with Crippen molar-refractivity contribution in [1.82, 2.24) is 4.72 Å². The molecule has 0 bridgehead atoms. The third-order valence-corrected chi connectivity index (χ3v) is 6.38. The van der Waals surface area contributed by atoms with Crippen LogP contribution < -0.4 is 9.46 Å². The second-order valence-electron chi connectivity index (χ2n) is 6.91. The standard InChI is InChI=1S/C21H29NO3S/c1-15(2)19-10-8-18(9-11-19)7-6-14-22-26(23,24)21-13-12-20(25-5)16(3)17(21)4/h8-13,15,22H,6-7,14H2,1-5H3. The smallest absolute Gasteiger partial charge is 0.240 e. The summed E-state index contributed by atoms with van der Waals surface area (Å²) in [5, 5.41) is 0.